The Morgan fingerprint density at radius 2 is 1.86 bits per heavy atom. The third-order valence-corrected chi connectivity index (χ3v) is 3.52. The van der Waals surface area contributed by atoms with Gasteiger partial charge in [0.2, 0.25) is 0 Å². The number of nitrogens with zero attached hydrogens (tertiary/aromatic N) is 1. The molecule has 1 aromatic rings. The maximum absolute atomic E-state index is 11.7. The normalized spacial score (nSPS) is 15.7. The van der Waals surface area contributed by atoms with Gasteiger partial charge in [-0.15, -0.1) is 0 Å². The van der Waals surface area contributed by atoms with Gasteiger partial charge in [0.25, 0.3) is 0 Å². The highest BCUT2D eigenvalue weighted by molar-refractivity contribution is 5.82. The fourth-order valence-electron chi connectivity index (χ4n) is 2.37. The Bertz CT molecular complexity index is 464. The average Bonchev–Trinajstić information content (AvgIpc) is 2.53. The molecule has 1 heterocycles. The van der Waals surface area contributed by atoms with Crippen LogP contribution in [0.4, 0.5) is 0 Å². The molecule has 0 radical (unpaired) electrons. The summed E-state index contributed by atoms with van der Waals surface area (Å²) in [7, 11) is 0. The Balaban J connectivity index is 1.67. The Morgan fingerprint density at radius 3 is 2.57 bits per heavy atom. The first kappa shape index (κ1) is 15.4. The number of piperidine rings is 1. The molecule has 21 heavy (non-hydrogen) atoms. The van der Waals surface area contributed by atoms with Gasteiger partial charge in [-0.1, -0.05) is 18.2 Å². The molecular weight excluding hydrogens is 266 g/mol. The van der Waals surface area contributed by atoms with Gasteiger partial charge in [0.1, 0.15) is 19.0 Å². The number of para-hydroxylation sites is 1. The standard InChI is InChI=1S/C17H23NO3/c1-15(18-10-6-3-7-11-18)14-17(19)21-13-12-20-16-8-4-2-5-9-16/h2,4-5,8-9,14H,3,6-7,10-13H2,1H3/b15-14-. The van der Waals surface area contributed by atoms with Crippen molar-refractivity contribution in [2.24, 2.45) is 0 Å². The zero-order valence-corrected chi connectivity index (χ0v) is 12.6. The van der Waals surface area contributed by atoms with Gasteiger partial charge >= 0.3 is 5.97 Å². The molecule has 1 saturated heterocycles. The number of allylic oxidation sites excluding steroid dienone is 1. The largest absolute Gasteiger partial charge is 0.490 e. The fourth-order valence-corrected chi connectivity index (χ4v) is 2.37. The highest BCUT2D eigenvalue weighted by Gasteiger charge is 2.11. The van der Waals surface area contributed by atoms with Crippen LogP contribution in [0.1, 0.15) is 26.2 Å². The van der Waals surface area contributed by atoms with Crippen LogP contribution < -0.4 is 4.74 Å². The number of esters is 1. The summed E-state index contributed by atoms with van der Waals surface area (Å²) < 4.78 is 10.6. The van der Waals surface area contributed by atoms with Gasteiger partial charge in [0.05, 0.1) is 0 Å². The molecule has 1 aliphatic rings. The molecule has 1 fully saturated rings. The third kappa shape index (κ3) is 5.50. The molecule has 1 aliphatic heterocycles. The van der Waals surface area contributed by atoms with Crippen molar-refractivity contribution in [2.45, 2.75) is 26.2 Å². The molecule has 4 heteroatoms. The van der Waals surface area contributed by atoms with Crippen molar-refractivity contribution in [3.63, 3.8) is 0 Å². The summed E-state index contributed by atoms with van der Waals surface area (Å²) in [6.07, 6.45) is 5.26. The van der Waals surface area contributed by atoms with E-state index in [1.807, 2.05) is 37.3 Å². The molecule has 114 valence electrons. The number of hydrogen-bond donors (Lipinski definition) is 0. The molecule has 0 atom stereocenters. The molecule has 4 nitrogen and oxygen atoms in total. The van der Waals surface area contributed by atoms with E-state index in [9.17, 15) is 4.79 Å². The second kappa shape index (κ2) is 8.35. The van der Waals surface area contributed by atoms with Crippen molar-refractivity contribution >= 4 is 5.97 Å². The van der Waals surface area contributed by atoms with Gasteiger partial charge in [-0.2, -0.15) is 0 Å². The maximum atomic E-state index is 11.7. The van der Waals surface area contributed by atoms with Crippen molar-refractivity contribution in [2.75, 3.05) is 26.3 Å². The lowest BCUT2D eigenvalue weighted by Gasteiger charge is -2.29. The monoisotopic (exact) mass is 289 g/mol. The molecule has 0 aliphatic carbocycles. The molecule has 0 amide bonds. The molecule has 0 saturated carbocycles. The minimum absolute atomic E-state index is 0.261. The second-order valence-corrected chi connectivity index (χ2v) is 5.16. The minimum Gasteiger partial charge on any atom is -0.490 e. The molecule has 0 bridgehead atoms. The van der Waals surface area contributed by atoms with E-state index >= 15 is 0 Å². The smallest absolute Gasteiger partial charge is 0.332 e. The number of carbonyl (C=O) groups excluding carboxylic acids is 1. The molecule has 0 N–H and O–H groups in total. The first-order valence-electron chi connectivity index (χ1n) is 7.53. The summed E-state index contributed by atoms with van der Waals surface area (Å²) >= 11 is 0. The first-order valence-corrected chi connectivity index (χ1v) is 7.53. The molecule has 0 unspecified atom stereocenters. The van der Waals surface area contributed by atoms with Crippen molar-refractivity contribution < 1.29 is 14.3 Å². The van der Waals surface area contributed by atoms with Crippen LogP contribution >= 0.6 is 0 Å². The molecule has 0 aromatic heterocycles. The van der Waals surface area contributed by atoms with Crippen molar-refractivity contribution in [3.8, 4) is 5.75 Å². The topological polar surface area (TPSA) is 38.8 Å². The van der Waals surface area contributed by atoms with Crippen molar-refractivity contribution in [3.05, 3.63) is 42.1 Å². The number of rotatable bonds is 6. The number of hydrogen-bond acceptors (Lipinski definition) is 4. The van der Waals surface area contributed by atoms with E-state index in [2.05, 4.69) is 4.90 Å². The number of likely N-dealkylation sites (tertiary alicyclic amines) is 1. The highest BCUT2D eigenvalue weighted by atomic mass is 16.6. The van der Waals surface area contributed by atoms with Crippen molar-refractivity contribution in [1.82, 2.24) is 4.90 Å². The van der Waals surface area contributed by atoms with E-state index in [0.29, 0.717) is 6.61 Å². The zero-order chi connectivity index (χ0) is 14.9. The maximum Gasteiger partial charge on any atom is 0.332 e. The van der Waals surface area contributed by atoms with Crippen LogP contribution in [0.2, 0.25) is 0 Å². The third-order valence-electron chi connectivity index (χ3n) is 3.52. The van der Waals surface area contributed by atoms with Crippen LogP contribution in [-0.4, -0.2) is 37.2 Å². The number of ether oxygens (including phenoxy) is 2. The van der Waals surface area contributed by atoms with E-state index < -0.39 is 0 Å². The molecular formula is C17H23NO3. The van der Waals surface area contributed by atoms with Crippen LogP contribution in [-0.2, 0) is 9.53 Å². The molecule has 0 spiro atoms. The van der Waals surface area contributed by atoms with E-state index in [1.54, 1.807) is 6.08 Å². The first-order chi connectivity index (χ1) is 10.3. The number of carbonyl (C=O) groups is 1. The number of benzene rings is 1. The minimum atomic E-state index is -0.297. The van der Waals surface area contributed by atoms with Gasteiger partial charge in [0.15, 0.2) is 0 Å². The lowest BCUT2D eigenvalue weighted by Crippen LogP contribution is -2.28. The molecule has 2 rings (SSSR count). The van der Waals surface area contributed by atoms with E-state index in [0.717, 1.165) is 24.5 Å². The second-order valence-electron chi connectivity index (χ2n) is 5.16. The highest BCUT2D eigenvalue weighted by Crippen LogP contribution is 2.14. The summed E-state index contributed by atoms with van der Waals surface area (Å²) in [5, 5.41) is 0. The predicted octanol–water partition coefficient (Wildman–Crippen LogP) is 3.00. The quantitative estimate of drug-likeness (QED) is 0.458. The average molecular weight is 289 g/mol. The van der Waals surface area contributed by atoms with Gasteiger partial charge in [0, 0.05) is 24.9 Å². The van der Waals surface area contributed by atoms with Crippen LogP contribution in [0.3, 0.4) is 0 Å². The fraction of sp³-hybridized carbons (Fsp3) is 0.471. The lowest BCUT2D eigenvalue weighted by molar-refractivity contribution is -0.138. The summed E-state index contributed by atoms with van der Waals surface area (Å²) in [6, 6.07) is 9.50. The Kier molecular flexibility index (Phi) is 6.13. The van der Waals surface area contributed by atoms with Crippen LogP contribution in [0.25, 0.3) is 0 Å². The van der Waals surface area contributed by atoms with Gasteiger partial charge in [-0.3, -0.25) is 0 Å². The summed E-state index contributed by atoms with van der Waals surface area (Å²) in [5.74, 6) is 0.489. The van der Waals surface area contributed by atoms with Gasteiger partial charge in [-0.05, 0) is 38.3 Å². The van der Waals surface area contributed by atoms with E-state index in [-0.39, 0.29) is 12.6 Å². The predicted molar refractivity (Wildman–Crippen MR) is 82.1 cm³/mol. The van der Waals surface area contributed by atoms with E-state index in [1.165, 1.54) is 19.3 Å². The summed E-state index contributed by atoms with van der Waals surface area (Å²) in [6.45, 7) is 4.66. The van der Waals surface area contributed by atoms with Gasteiger partial charge < -0.3 is 14.4 Å². The van der Waals surface area contributed by atoms with Crippen LogP contribution in [0.15, 0.2) is 42.1 Å². The Morgan fingerprint density at radius 1 is 1.14 bits per heavy atom. The van der Waals surface area contributed by atoms with Gasteiger partial charge in [-0.25, -0.2) is 4.79 Å². The lowest BCUT2D eigenvalue weighted by atomic mass is 10.1. The Hall–Kier alpha value is -1.97. The van der Waals surface area contributed by atoms with Crippen LogP contribution in [0.5, 0.6) is 5.75 Å². The van der Waals surface area contributed by atoms with E-state index in [4.69, 9.17) is 9.47 Å². The van der Waals surface area contributed by atoms with Crippen molar-refractivity contribution in [1.29, 1.82) is 0 Å². The summed E-state index contributed by atoms with van der Waals surface area (Å²) in [5.41, 5.74) is 0.990. The summed E-state index contributed by atoms with van der Waals surface area (Å²) in [4.78, 5) is 14.0. The van der Waals surface area contributed by atoms with Crippen LogP contribution in [0, 0.1) is 0 Å². The Labute approximate surface area is 126 Å². The molecule has 1 aromatic carbocycles. The SMILES string of the molecule is C/C(=C/C(=O)OCCOc1ccccc1)N1CCCCC1. The zero-order valence-electron chi connectivity index (χ0n) is 12.6.